The molecule has 2 aliphatic carbocycles. The van der Waals surface area contributed by atoms with Crippen molar-refractivity contribution in [2.24, 2.45) is 23.7 Å². The van der Waals surface area contributed by atoms with Gasteiger partial charge in [0.25, 0.3) is 0 Å². The SMILES string of the molecule is CC1CC1C/C=C/C1CCCC1CCC=S. The van der Waals surface area contributed by atoms with Crippen LogP contribution in [0.25, 0.3) is 0 Å². The normalized spacial score (nSPS) is 38.1. The van der Waals surface area contributed by atoms with Crippen molar-refractivity contribution in [3.8, 4) is 0 Å². The maximum absolute atomic E-state index is 4.93. The zero-order chi connectivity index (χ0) is 11.4. The Balaban J connectivity index is 1.71. The van der Waals surface area contributed by atoms with Crippen LogP contribution in [0.3, 0.4) is 0 Å². The Morgan fingerprint density at radius 2 is 2.06 bits per heavy atom. The van der Waals surface area contributed by atoms with E-state index in [4.69, 9.17) is 12.2 Å². The smallest absolute Gasteiger partial charge is 0.0205 e. The summed E-state index contributed by atoms with van der Waals surface area (Å²) >= 11 is 4.93. The molecular formula is C15H24S. The Morgan fingerprint density at radius 1 is 1.25 bits per heavy atom. The fourth-order valence-corrected chi connectivity index (χ4v) is 3.25. The lowest BCUT2D eigenvalue weighted by Crippen LogP contribution is -2.05. The van der Waals surface area contributed by atoms with E-state index in [2.05, 4.69) is 19.1 Å². The van der Waals surface area contributed by atoms with E-state index >= 15 is 0 Å². The first kappa shape index (κ1) is 12.3. The molecule has 0 spiro atoms. The van der Waals surface area contributed by atoms with Crippen LogP contribution < -0.4 is 0 Å². The minimum atomic E-state index is 0.865. The lowest BCUT2D eigenvalue weighted by Gasteiger charge is -2.14. The fraction of sp³-hybridized carbons (Fsp3) is 0.800. The first-order chi connectivity index (χ1) is 7.81. The highest BCUT2D eigenvalue weighted by molar-refractivity contribution is 7.78. The highest BCUT2D eigenvalue weighted by atomic mass is 32.1. The largest absolute Gasteiger partial charge is 0.0935 e. The highest BCUT2D eigenvalue weighted by Gasteiger charge is 2.31. The van der Waals surface area contributed by atoms with Crippen LogP contribution in [0.5, 0.6) is 0 Å². The Bertz CT molecular complexity index is 256. The van der Waals surface area contributed by atoms with E-state index < -0.39 is 0 Å². The number of allylic oxidation sites excluding steroid dienone is 2. The number of thiocarbonyl (C=S) groups is 1. The third kappa shape index (κ3) is 3.41. The minimum absolute atomic E-state index is 0.865. The standard InChI is InChI=1S/C15H24S/c1-12-11-15(12)8-3-7-13-5-2-6-14(13)9-4-10-16/h3,7,10,12-15H,2,4-6,8-9,11H2,1H3/b7-3+. The minimum Gasteiger partial charge on any atom is -0.0935 e. The van der Waals surface area contributed by atoms with Crippen molar-refractivity contribution in [2.75, 3.05) is 0 Å². The van der Waals surface area contributed by atoms with Crippen molar-refractivity contribution in [2.45, 2.75) is 51.9 Å². The van der Waals surface area contributed by atoms with Crippen LogP contribution >= 0.6 is 12.2 Å². The molecule has 0 aliphatic heterocycles. The summed E-state index contributed by atoms with van der Waals surface area (Å²) in [7, 11) is 0. The monoisotopic (exact) mass is 236 g/mol. The van der Waals surface area contributed by atoms with E-state index in [0.29, 0.717) is 0 Å². The average Bonchev–Trinajstić information content (AvgIpc) is 2.79. The fourth-order valence-electron chi connectivity index (χ4n) is 3.12. The summed E-state index contributed by atoms with van der Waals surface area (Å²) in [6.07, 6.45) is 14.5. The van der Waals surface area contributed by atoms with Gasteiger partial charge in [0.2, 0.25) is 0 Å². The average molecular weight is 236 g/mol. The lowest BCUT2D eigenvalue weighted by molar-refractivity contribution is 0.434. The number of rotatable bonds is 6. The first-order valence-corrected chi connectivity index (χ1v) is 7.38. The summed E-state index contributed by atoms with van der Waals surface area (Å²) in [6, 6.07) is 0. The molecule has 0 radical (unpaired) electrons. The maximum Gasteiger partial charge on any atom is -0.0205 e. The third-order valence-corrected chi connectivity index (χ3v) is 4.71. The zero-order valence-electron chi connectivity index (χ0n) is 10.4. The summed E-state index contributed by atoms with van der Waals surface area (Å²) in [5.74, 6) is 3.80. The van der Waals surface area contributed by atoms with Crippen LogP contribution in [0.1, 0.15) is 51.9 Å². The topological polar surface area (TPSA) is 0 Å². The first-order valence-electron chi connectivity index (χ1n) is 6.91. The van der Waals surface area contributed by atoms with Crippen LogP contribution in [-0.2, 0) is 0 Å². The number of hydrogen-bond acceptors (Lipinski definition) is 1. The molecule has 2 rings (SSSR count). The van der Waals surface area contributed by atoms with Crippen molar-refractivity contribution in [1.82, 2.24) is 0 Å². The van der Waals surface area contributed by atoms with E-state index in [0.717, 1.165) is 30.1 Å². The van der Waals surface area contributed by atoms with Gasteiger partial charge in [-0.05, 0) is 67.6 Å². The van der Waals surface area contributed by atoms with Gasteiger partial charge in [0.05, 0.1) is 0 Å². The Kier molecular flexibility index (Phi) is 4.57. The predicted octanol–water partition coefficient (Wildman–Crippen LogP) is 4.78. The molecule has 0 bridgehead atoms. The van der Waals surface area contributed by atoms with E-state index in [-0.39, 0.29) is 0 Å². The Hall–Kier alpha value is -0.170. The second-order valence-corrected chi connectivity index (χ2v) is 6.07. The Labute approximate surface area is 106 Å². The molecule has 0 aromatic carbocycles. The molecule has 2 fully saturated rings. The zero-order valence-corrected chi connectivity index (χ0v) is 11.2. The van der Waals surface area contributed by atoms with Gasteiger partial charge in [-0.25, -0.2) is 0 Å². The van der Waals surface area contributed by atoms with Gasteiger partial charge in [0.1, 0.15) is 0 Å². The van der Waals surface area contributed by atoms with Gasteiger partial charge in [-0.15, -0.1) is 0 Å². The molecule has 0 amide bonds. The second kappa shape index (κ2) is 5.95. The van der Waals surface area contributed by atoms with Gasteiger partial charge < -0.3 is 0 Å². The molecule has 16 heavy (non-hydrogen) atoms. The molecule has 4 unspecified atom stereocenters. The molecule has 0 N–H and O–H groups in total. The van der Waals surface area contributed by atoms with Crippen LogP contribution in [0, 0.1) is 23.7 Å². The van der Waals surface area contributed by atoms with Gasteiger partial charge >= 0.3 is 0 Å². The third-order valence-electron chi connectivity index (χ3n) is 4.47. The van der Waals surface area contributed by atoms with Crippen molar-refractivity contribution < 1.29 is 0 Å². The molecule has 1 heteroatoms. The molecule has 0 saturated heterocycles. The van der Waals surface area contributed by atoms with E-state index in [1.165, 1.54) is 38.5 Å². The van der Waals surface area contributed by atoms with E-state index in [1.807, 2.05) is 5.37 Å². The number of hydrogen-bond donors (Lipinski definition) is 0. The summed E-state index contributed by atoms with van der Waals surface area (Å²) in [6.45, 7) is 2.37. The van der Waals surface area contributed by atoms with Crippen LogP contribution in [-0.4, -0.2) is 5.37 Å². The summed E-state index contributed by atoms with van der Waals surface area (Å²) in [5.41, 5.74) is 0. The second-order valence-electron chi connectivity index (χ2n) is 5.74. The summed E-state index contributed by atoms with van der Waals surface area (Å²) in [4.78, 5) is 0. The van der Waals surface area contributed by atoms with Gasteiger partial charge in [0, 0.05) is 0 Å². The van der Waals surface area contributed by atoms with Crippen molar-refractivity contribution in [1.29, 1.82) is 0 Å². The summed E-state index contributed by atoms with van der Waals surface area (Å²) in [5, 5.41) is 1.91. The molecule has 0 heterocycles. The predicted molar refractivity (Wildman–Crippen MR) is 74.7 cm³/mol. The molecule has 4 atom stereocenters. The molecule has 2 aliphatic rings. The molecule has 2 saturated carbocycles. The van der Waals surface area contributed by atoms with Crippen LogP contribution in [0.15, 0.2) is 12.2 Å². The van der Waals surface area contributed by atoms with Crippen LogP contribution in [0.4, 0.5) is 0 Å². The van der Waals surface area contributed by atoms with E-state index in [9.17, 15) is 0 Å². The maximum atomic E-state index is 4.93. The van der Waals surface area contributed by atoms with Gasteiger partial charge in [-0.3, -0.25) is 0 Å². The molecule has 90 valence electrons. The molecule has 0 nitrogen and oxygen atoms in total. The van der Waals surface area contributed by atoms with Crippen molar-refractivity contribution >= 4 is 17.6 Å². The Morgan fingerprint density at radius 3 is 2.75 bits per heavy atom. The van der Waals surface area contributed by atoms with Gasteiger partial charge in [-0.1, -0.05) is 37.7 Å². The molecule has 0 aromatic rings. The van der Waals surface area contributed by atoms with Gasteiger partial charge in [-0.2, -0.15) is 0 Å². The summed E-state index contributed by atoms with van der Waals surface area (Å²) < 4.78 is 0. The van der Waals surface area contributed by atoms with Gasteiger partial charge in [0.15, 0.2) is 0 Å². The van der Waals surface area contributed by atoms with Crippen LogP contribution in [0.2, 0.25) is 0 Å². The highest BCUT2D eigenvalue weighted by Crippen LogP contribution is 2.41. The van der Waals surface area contributed by atoms with Crippen molar-refractivity contribution in [3.63, 3.8) is 0 Å². The molecule has 0 aromatic heterocycles. The quantitative estimate of drug-likeness (QED) is 0.472. The van der Waals surface area contributed by atoms with E-state index in [1.54, 1.807) is 0 Å². The van der Waals surface area contributed by atoms with Crippen molar-refractivity contribution in [3.05, 3.63) is 12.2 Å². The molecular weight excluding hydrogens is 212 g/mol. The lowest BCUT2D eigenvalue weighted by atomic mass is 9.91.